The van der Waals surface area contributed by atoms with Crippen LogP contribution in [-0.2, 0) is 13.5 Å². The number of halogens is 6. The van der Waals surface area contributed by atoms with E-state index in [0.717, 1.165) is 0 Å². The molecule has 0 saturated carbocycles. The van der Waals surface area contributed by atoms with Gasteiger partial charge >= 0.3 is 21.6 Å². The van der Waals surface area contributed by atoms with Gasteiger partial charge in [0.2, 0.25) is 0 Å². The molecule has 0 N–H and O–H groups in total. The Morgan fingerprint density at radius 2 is 1.54 bits per heavy atom. The van der Waals surface area contributed by atoms with Crippen molar-refractivity contribution in [2.24, 2.45) is 0 Å². The summed E-state index contributed by atoms with van der Waals surface area (Å²) in [5.41, 5.74) is 0. The Morgan fingerprint density at radius 1 is 1.15 bits per heavy atom. The van der Waals surface area contributed by atoms with Crippen LogP contribution in [0.2, 0.25) is 0 Å². The first-order valence-electron chi connectivity index (χ1n) is 2.51. The lowest BCUT2D eigenvalue weighted by Crippen LogP contribution is -2.29. The lowest BCUT2D eigenvalue weighted by atomic mass is 10.4. The van der Waals surface area contributed by atoms with Gasteiger partial charge in [0, 0.05) is 10.7 Å². The number of rotatable bonds is 3. The predicted octanol–water partition coefficient (Wildman–Crippen LogP) is 2.03. The van der Waals surface area contributed by atoms with Gasteiger partial charge in [-0.2, -0.15) is 34.6 Å². The van der Waals surface area contributed by atoms with E-state index in [9.17, 15) is 30.4 Å². The zero-order valence-corrected chi connectivity index (χ0v) is 7.18. The largest absolute Gasteiger partial charge is 0.397 e. The van der Waals surface area contributed by atoms with E-state index in [0.29, 0.717) is 0 Å². The summed E-state index contributed by atoms with van der Waals surface area (Å²) in [4.78, 5) is 0. The van der Waals surface area contributed by atoms with Crippen molar-refractivity contribution in [2.45, 2.75) is 18.7 Å². The van der Waals surface area contributed by atoms with Crippen LogP contribution in [0.5, 0.6) is 0 Å². The molecule has 0 fully saturated rings. The van der Waals surface area contributed by atoms with Crippen LogP contribution in [0.15, 0.2) is 0 Å². The van der Waals surface area contributed by atoms with E-state index in [1.807, 2.05) is 0 Å². The molecule has 0 aromatic rings. The minimum Gasteiger partial charge on any atom is -0.188 e. The van der Waals surface area contributed by atoms with Gasteiger partial charge in [0.15, 0.2) is 0 Å². The first-order valence-corrected chi connectivity index (χ1v) is 4.74. The highest BCUT2D eigenvalue weighted by atomic mass is 35.7. The Morgan fingerprint density at radius 3 is 1.77 bits per heavy atom. The third-order valence-corrected chi connectivity index (χ3v) is 1.26. The lowest BCUT2D eigenvalue weighted by Gasteiger charge is -2.15. The van der Waals surface area contributed by atoms with Crippen molar-refractivity contribution < 1.29 is 34.6 Å². The molecule has 0 radical (unpaired) electrons. The van der Waals surface area contributed by atoms with E-state index < -0.39 is 28.0 Å². The van der Waals surface area contributed by atoms with Gasteiger partial charge in [0.25, 0.3) is 0 Å². The topological polar surface area (TPSA) is 43.4 Å². The van der Waals surface area contributed by atoms with Crippen LogP contribution in [0.3, 0.4) is 0 Å². The zero-order valence-electron chi connectivity index (χ0n) is 5.61. The molecular weight excluding hydrogens is 247 g/mol. The van der Waals surface area contributed by atoms with Crippen LogP contribution in [0.4, 0.5) is 22.0 Å². The van der Waals surface area contributed by atoms with Crippen molar-refractivity contribution >= 4 is 20.0 Å². The third-order valence-electron chi connectivity index (χ3n) is 0.628. The third kappa shape index (κ3) is 8.19. The molecule has 10 heteroatoms. The van der Waals surface area contributed by atoms with Crippen LogP contribution in [0.1, 0.15) is 6.42 Å². The highest BCUT2D eigenvalue weighted by Gasteiger charge is 2.47. The average Bonchev–Trinajstić information content (AvgIpc) is 1.43. The summed E-state index contributed by atoms with van der Waals surface area (Å²) in [7, 11) is -0.983. The smallest absolute Gasteiger partial charge is 0.188 e. The molecule has 0 aliphatic heterocycles. The van der Waals surface area contributed by atoms with Crippen molar-refractivity contribution in [3.63, 3.8) is 0 Å². The SMILES string of the molecule is O=S(=O)(Cl)OC(F)(F)CC(F)(F)F. The van der Waals surface area contributed by atoms with Crippen LogP contribution in [0.25, 0.3) is 0 Å². The highest BCUT2D eigenvalue weighted by Crippen LogP contribution is 2.33. The van der Waals surface area contributed by atoms with Gasteiger partial charge in [-0.05, 0) is 0 Å². The molecule has 80 valence electrons. The van der Waals surface area contributed by atoms with E-state index >= 15 is 0 Å². The van der Waals surface area contributed by atoms with Crippen LogP contribution in [-0.4, -0.2) is 20.7 Å². The Labute approximate surface area is 74.1 Å². The van der Waals surface area contributed by atoms with Crippen LogP contribution < -0.4 is 0 Å². The molecule has 0 unspecified atom stereocenters. The standard InChI is InChI=1S/C3H2ClF5O3S/c4-13(10,11)12-3(8,9)1-2(5,6)7/h1H2. The molecule has 0 rings (SSSR count). The molecule has 0 aromatic carbocycles. The number of hydrogen-bond acceptors (Lipinski definition) is 3. The summed E-state index contributed by atoms with van der Waals surface area (Å²) < 4.78 is 80.3. The first-order chi connectivity index (χ1) is 5.41. The molecule has 0 atom stereocenters. The zero-order chi connectivity index (χ0) is 10.9. The summed E-state index contributed by atoms with van der Waals surface area (Å²) in [5, 5.41) is 0. The average molecular weight is 249 g/mol. The Kier molecular flexibility index (Phi) is 3.50. The Hall–Kier alpha value is -0.150. The van der Waals surface area contributed by atoms with Crippen LogP contribution in [0, 0.1) is 0 Å². The van der Waals surface area contributed by atoms with Crippen molar-refractivity contribution in [3.05, 3.63) is 0 Å². The minimum atomic E-state index is -5.24. The summed E-state index contributed by atoms with van der Waals surface area (Å²) >= 11 is 0. The fraction of sp³-hybridized carbons (Fsp3) is 1.00. The molecule has 0 aliphatic rings. The Balaban J connectivity index is 4.43. The van der Waals surface area contributed by atoms with Gasteiger partial charge in [0.05, 0.1) is 0 Å². The van der Waals surface area contributed by atoms with Gasteiger partial charge in [-0.3, -0.25) is 0 Å². The quantitative estimate of drug-likeness (QED) is 0.567. The molecule has 0 bridgehead atoms. The van der Waals surface area contributed by atoms with E-state index in [4.69, 9.17) is 0 Å². The van der Waals surface area contributed by atoms with Gasteiger partial charge in [-0.15, -0.1) is 0 Å². The van der Waals surface area contributed by atoms with Crippen LogP contribution >= 0.6 is 10.7 Å². The molecular formula is C3H2ClF5O3S. The lowest BCUT2D eigenvalue weighted by molar-refractivity contribution is -0.252. The number of alkyl halides is 5. The molecule has 13 heavy (non-hydrogen) atoms. The summed E-state index contributed by atoms with van der Waals surface area (Å²) in [6, 6.07) is 0. The van der Waals surface area contributed by atoms with E-state index in [2.05, 4.69) is 14.9 Å². The maximum Gasteiger partial charge on any atom is 0.397 e. The van der Waals surface area contributed by atoms with Gasteiger partial charge in [-0.1, -0.05) is 0 Å². The fourth-order valence-corrected chi connectivity index (χ4v) is 1.04. The second kappa shape index (κ2) is 3.54. The number of hydrogen-bond donors (Lipinski definition) is 0. The molecule has 0 spiro atoms. The second-order valence-electron chi connectivity index (χ2n) is 1.91. The maximum absolute atomic E-state index is 12.0. The van der Waals surface area contributed by atoms with Crippen molar-refractivity contribution in [3.8, 4) is 0 Å². The normalized spacial score (nSPS) is 14.6. The van der Waals surface area contributed by atoms with E-state index in [1.54, 1.807) is 0 Å². The monoisotopic (exact) mass is 248 g/mol. The molecule has 0 amide bonds. The highest BCUT2D eigenvalue weighted by molar-refractivity contribution is 8.10. The predicted molar refractivity (Wildman–Crippen MR) is 31.5 cm³/mol. The minimum absolute atomic E-state index is 2.69. The molecule has 0 heterocycles. The first kappa shape index (κ1) is 12.8. The molecule has 3 nitrogen and oxygen atoms in total. The van der Waals surface area contributed by atoms with E-state index in [1.165, 1.54) is 0 Å². The maximum atomic E-state index is 12.0. The summed E-state index contributed by atoms with van der Waals surface area (Å²) in [6.07, 6.45) is -12.8. The summed E-state index contributed by atoms with van der Waals surface area (Å²) in [6.45, 7) is 0. The van der Waals surface area contributed by atoms with Crippen molar-refractivity contribution in [1.82, 2.24) is 0 Å². The fourth-order valence-electron chi connectivity index (χ4n) is 0.408. The molecule has 0 saturated heterocycles. The molecule has 0 aliphatic carbocycles. The van der Waals surface area contributed by atoms with Crippen molar-refractivity contribution in [2.75, 3.05) is 0 Å². The van der Waals surface area contributed by atoms with E-state index in [-0.39, 0.29) is 0 Å². The Bertz CT molecular complexity index is 269. The second-order valence-corrected chi connectivity index (χ2v) is 3.99. The molecule has 0 aromatic heterocycles. The summed E-state index contributed by atoms with van der Waals surface area (Å²) in [5.74, 6) is 0. The van der Waals surface area contributed by atoms with Gasteiger partial charge in [0.1, 0.15) is 6.42 Å². The van der Waals surface area contributed by atoms with Gasteiger partial charge < -0.3 is 0 Å². The van der Waals surface area contributed by atoms with Gasteiger partial charge in [-0.25, -0.2) is 0 Å². The van der Waals surface area contributed by atoms with Crippen molar-refractivity contribution in [1.29, 1.82) is 0 Å².